The molecule has 1 aromatic carbocycles. The van der Waals surface area contributed by atoms with E-state index in [0.717, 1.165) is 29.6 Å². The van der Waals surface area contributed by atoms with Crippen molar-refractivity contribution in [1.82, 2.24) is 10.2 Å². The van der Waals surface area contributed by atoms with Crippen LogP contribution in [0, 0.1) is 5.92 Å². The molecule has 24 heavy (non-hydrogen) atoms. The summed E-state index contributed by atoms with van der Waals surface area (Å²) >= 11 is 0. The largest absolute Gasteiger partial charge is 0.497 e. The summed E-state index contributed by atoms with van der Waals surface area (Å²) < 4.78 is 10.7. The summed E-state index contributed by atoms with van der Waals surface area (Å²) in [7, 11) is 5.27. The molecule has 0 saturated heterocycles. The van der Waals surface area contributed by atoms with E-state index in [1.807, 2.05) is 44.0 Å². The summed E-state index contributed by atoms with van der Waals surface area (Å²) in [5.41, 5.74) is 1.05. The first-order valence-corrected chi connectivity index (χ1v) is 7.86. The Balaban J connectivity index is 0.00000529. The van der Waals surface area contributed by atoms with E-state index < -0.39 is 0 Å². The number of aliphatic imine (C=N–C) groups is 1. The fourth-order valence-corrected chi connectivity index (χ4v) is 2.08. The molecule has 6 nitrogen and oxygen atoms in total. The van der Waals surface area contributed by atoms with Crippen molar-refractivity contribution in [3.05, 3.63) is 23.8 Å². The second kappa shape index (κ2) is 12.2. The van der Waals surface area contributed by atoms with E-state index in [9.17, 15) is 0 Å². The number of hydrogen-bond acceptors (Lipinski definition) is 4. The van der Waals surface area contributed by atoms with Gasteiger partial charge in [-0.15, -0.1) is 24.0 Å². The molecule has 0 amide bonds. The second-order valence-electron chi connectivity index (χ2n) is 5.52. The van der Waals surface area contributed by atoms with Crippen molar-refractivity contribution in [1.29, 1.82) is 0 Å². The van der Waals surface area contributed by atoms with Gasteiger partial charge in [0, 0.05) is 44.9 Å². The van der Waals surface area contributed by atoms with Gasteiger partial charge in [-0.2, -0.15) is 0 Å². The third kappa shape index (κ3) is 7.12. The number of aliphatic hydroxyl groups is 1. The van der Waals surface area contributed by atoms with Crippen LogP contribution in [0.3, 0.4) is 0 Å². The van der Waals surface area contributed by atoms with Gasteiger partial charge < -0.3 is 24.8 Å². The number of ether oxygens (including phenoxy) is 2. The maximum atomic E-state index is 9.14. The normalized spacial score (nSPS) is 12.2. The van der Waals surface area contributed by atoms with Crippen molar-refractivity contribution in [3.63, 3.8) is 0 Å². The predicted octanol–water partition coefficient (Wildman–Crippen LogP) is 2.35. The number of methoxy groups -OCH3 is 2. The van der Waals surface area contributed by atoms with E-state index in [1.54, 1.807) is 14.2 Å². The molecule has 0 bridgehead atoms. The van der Waals surface area contributed by atoms with Gasteiger partial charge >= 0.3 is 0 Å². The topological polar surface area (TPSA) is 66.3 Å². The maximum Gasteiger partial charge on any atom is 0.193 e. The third-order valence-electron chi connectivity index (χ3n) is 3.46. The molecule has 0 aromatic heterocycles. The predicted molar refractivity (Wildman–Crippen MR) is 109 cm³/mol. The summed E-state index contributed by atoms with van der Waals surface area (Å²) in [6, 6.07) is 5.79. The molecule has 1 rings (SSSR count). The minimum atomic E-state index is 0. The maximum absolute atomic E-state index is 9.14. The second-order valence-corrected chi connectivity index (χ2v) is 5.52. The molecule has 0 aliphatic rings. The Labute approximate surface area is 162 Å². The van der Waals surface area contributed by atoms with Crippen molar-refractivity contribution in [2.75, 3.05) is 41.0 Å². The van der Waals surface area contributed by atoms with E-state index in [0.29, 0.717) is 13.1 Å². The highest BCUT2D eigenvalue weighted by atomic mass is 127. The molecule has 0 aliphatic heterocycles. The van der Waals surface area contributed by atoms with Crippen molar-refractivity contribution in [3.8, 4) is 11.5 Å². The smallest absolute Gasteiger partial charge is 0.193 e. The Bertz CT molecular complexity index is 512. The average Bonchev–Trinajstić information content (AvgIpc) is 2.58. The van der Waals surface area contributed by atoms with E-state index in [2.05, 4.69) is 10.3 Å². The lowest BCUT2D eigenvalue weighted by Crippen LogP contribution is -2.39. The fourth-order valence-electron chi connectivity index (χ4n) is 2.08. The molecule has 0 fully saturated rings. The van der Waals surface area contributed by atoms with Gasteiger partial charge in [0.2, 0.25) is 0 Å². The van der Waals surface area contributed by atoms with Gasteiger partial charge in [-0.3, -0.25) is 4.99 Å². The van der Waals surface area contributed by atoms with Crippen molar-refractivity contribution in [2.24, 2.45) is 10.9 Å². The Morgan fingerprint density at radius 2 is 2.04 bits per heavy atom. The molecule has 138 valence electrons. The van der Waals surface area contributed by atoms with Crippen LogP contribution < -0.4 is 14.8 Å². The lowest BCUT2D eigenvalue weighted by molar-refractivity contribution is 0.241. The number of guanidine groups is 1. The lowest BCUT2D eigenvalue weighted by atomic mass is 10.2. The lowest BCUT2D eigenvalue weighted by Gasteiger charge is -2.23. The number of nitrogens with zero attached hydrogens (tertiary/aromatic N) is 2. The third-order valence-corrected chi connectivity index (χ3v) is 3.46. The minimum absolute atomic E-state index is 0. The quantitative estimate of drug-likeness (QED) is 0.361. The highest BCUT2D eigenvalue weighted by Crippen LogP contribution is 2.25. The number of rotatable bonds is 8. The number of nitrogens with one attached hydrogen (secondary N) is 1. The SMILES string of the molecule is CCNC(=NCC(C)CO)N(C)Cc1ccc(OC)cc1OC.I. The molecule has 0 saturated carbocycles. The Morgan fingerprint density at radius 3 is 2.58 bits per heavy atom. The van der Waals surface area contributed by atoms with Crippen LogP contribution in [0.4, 0.5) is 0 Å². The molecular formula is C17H30IN3O3. The number of halogens is 1. The molecule has 0 radical (unpaired) electrons. The summed E-state index contributed by atoms with van der Waals surface area (Å²) in [5.74, 6) is 2.51. The van der Waals surface area contributed by atoms with Crippen LogP contribution in [0.2, 0.25) is 0 Å². The van der Waals surface area contributed by atoms with E-state index in [-0.39, 0.29) is 36.5 Å². The number of benzene rings is 1. The molecule has 0 aliphatic carbocycles. The van der Waals surface area contributed by atoms with Gasteiger partial charge in [0.25, 0.3) is 0 Å². The molecule has 1 atom stereocenters. The van der Waals surface area contributed by atoms with Crippen molar-refractivity contribution < 1.29 is 14.6 Å². The summed E-state index contributed by atoms with van der Waals surface area (Å²) in [5, 5.41) is 12.4. The average molecular weight is 451 g/mol. The van der Waals surface area contributed by atoms with Crippen LogP contribution >= 0.6 is 24.0 Å². The molecule has 2 N–H and O–H groups in total. The highest BCUT2D eigenvalue weighted by Gasteiger charge is 2.11. The van der Waals surface area contributed by atoms with E-state index >= 15 is 0 Å². The highest BCUT2D eigenvalue weighted by molar-refractivity contribution is 14.0. The molecule has 0 spiro atoms. The van der Waals surface area contributed by atoms with Gasteiger partial charge in [0.15, 0.2) is 5.96 Å². The van der Waals surface area contributed by atoms with Gasteiger partial charge in [-0.05, 0) is 25.0 Å². The molecular weight excluding hydrogens is 421 g/mol. The first kappa shape index (κ1) is 22.8. The van der Waals surface area contributed by atoms with Gasteiger partial charge in [0.1, 0.15) is 11.5 Å². The van der Waals surface area contributed by atoms with Crippen LogP contribution in [0.1, 0.15) is 19.4 Å². The summed E-state index contributed by atoms with van der Waals surface area (Å²) in [6.07, 6.45) is 0. The first-order chi connectivity index (χ1) is 11.0. The van der Waals surface area contributed by atoms with E-state index in [4.69, 9.17) is 14.6 Å². The van der Waals surface area contributed by atoms with Crippen molar-refractivity contribution >= 4 is 29.9 Å². The zero-order chi connectivity index (χ0) is 17.2. The van der Waals surface area contributed by atoms with Crippen LogP contribution in [0.5, 0.6) is 11.5 Å². The van der Waals surface area contributed by atoms with E-state index in [1.165, 1.54) is 0 Å². The molecule has 1 aromatic rings. The Kier molecular flexibility index (Phi) is 11.6. The summed E-state index contributed by atoms with van der Waals surface area (Å²) in [4.78, 5) is 6.62. The minimum Gasteiger partial charge on any atom is -0.497 e. The number of hydrogen-bond donors (Lipinski definition) is 2. The first-order valence-electron chi connectivity index (χ1n) is 7.86. The van der Waals surface area contributed by atoms with Crippen LogP contribution in [-0.2, 0) is 6.54 Å². The van der Waals surface area contributed by atoms with Crippen LogP contribution in [0.15, 0.2) is 23.2 Å². The summed E-state index contributed by atoms with van der Waals surface area (Å²) in [6.45, 7) is 6.18. The zero-order valence-corrected chi connectivity index (χ0v) is 17.5. The monoisotopic (exact) mass is 451 g/mol. The van der Waals surface area contributed by atoms with Crippen LogP contribution in [0.25, 0.3) is 0 Å². The zero-order valence-electron chi connectivity index (χ0n) is 15.2. The van der Waals surface area contributed by atoms with Crippen molar-refractivity contribution in [2.45, 2.75) is 20.4 Å². The van der Waals surface area contributed by atoms with Crippen LogP contribution in [-0.4, -0.2) is 56.9 Å². The Morgan fingerprint density at radius 1 is 1.33 bits per heavy atom. The molecule has 0 heterocycles. The molecule has 1 unspecified atom stereocenters. The fraction of sp³-hybridized carbons (Fsp3) is 0.588. The van der Waals surface area contributed by atoms with Gasteiger partial charge in [0.05, 0.1) is 14.2 Å². The van der Waals surface area contributed by atoms with Gasteiger partial charge in [-0.25, -0.2) is 0 Å². The number of aliphatic hydroxyl groups excluding tert-OH is 1. The standard InChI is InChI=1S/C17H29N3O3.HI/c1-6-18-17(19-10-13(2)12-21)20(3)11-14-7-8-15(22-4)9-16(14)23-5;/h7-9,13,21H,6,10-12H2,1-5H3,(H,18,19);1H. The van der Waals surface area contributed by atoms with Gasteiger partial charge in [-0.1, -0.05) is 6.92 Å². The Hall–Kier alpha value is -1.22. The molecule has 7 heteroatoms.